The lowest BCUT2D eigenvalue weighted by molar-refractivity contribution is -0.132. The highest BCUT2D eigenvalue weighted by Gasteiger charge is 2.35. The van der Waals surface area contributed by atoms with Crippen molar-refractivity contribution in [3.05, 3.63) is 15.7 Å². The smallest absolute Gasteiger partial charge is 0.308 e. The Balaban J connectivity index is 2.42. The van der Waals surface area contributed by atoms with Gasteiger partial charge >= 0.3 is 5.97 Å². The number of hydrogen-bond acceptors (Lipinski definition) is 4. The maximum Gasteiger partial charge on any atom is 0.308 e. The fourth-order valence-electron chi connectivity index (χ4n) is 1.54. The Hall–Kier alpha value is -1.31. The highest BCUT2D eigenvalue weighted by atomic mass is 127. The van der Waals surface area contributed by atoms with E-state index in [1.54, 1.807) is 26.0 Å². The van der Waals surface area contributed by atoms with Crippen molar-refractivity contribution in [3.8, 4) is 11.5 Å². The predicted molar refractivity (Wildman–Crippen MR) is 73.8 cm³/mol. The number of anilines is 1. The number of rotatable bonds is 1. The quantitative estimate of drug-likeness (QED) is 0.474. The molecular weight excluding hydrogens is 349 g/mol. The van der Waals surface area contributed by atoms with Crippen LogP contribution in [0.25, 0.3) is 0 Å². The Morgan fingerprint density at radius 3 is 2.72 bits per heavy atom. The molecule has 2 rings (SSSR count). The van der Waals surface area contributed by atoms with Crippen molar-refractivity contribution >= 4 is 40.2 Å². The van der Waals surface area contributed by atoms with Crippen LogP contribution in [0.1, 0.15) is 20.8 Å². The van der Waals surface area contributed by atoms with Crippen LogP contribution in [0.4, 0.5) is 5.69 Å². The molecule has 0 saturated heterocycles. The van der Waals surface area contributed by atoms with Crippen molar-refractivity contribution in [2.75, 3.05) is 5.32 Å². The Morgan fingerprint density at radius 1 is 1.44 bits per heavy atom. The second kappa shape index (κ2) is 4.42. The van der Waals surface area contributed by atoms with Gasteiger partial charge in [0.1, 0.15) is 11.5 Å². The number of carbonyl (C=O) groups excluding carboxylic acids is 2. The second-order valence-corrected chi connectivity index (χ2v) is 5.60. The zero-order chi connectivity index (χ0) is 13.5. The molecule has 6 heteroatoms. The van der Waals surface area contributed by atoms with Crippen molar-refractivity contribution in [1.29, 1.82) is 0 Å². The van der Waals surface area contributed by atoms with Gasteiger partial charge in [-0.05, 0) is 42.5 Å². The first-order valence-electron chi connectivity index (χ1n) is 5.32. The van der Waals surface area contributed by atoms with Crippen LogP contribution < -0.4 is 14.8 Å². The highest BCUT2D eigenvalue weighted by Crippen LogP contribution is 2.39. The van der Waals surface area contributed by atoms with Crippen LogP contribution in [0, 0.1) is 3.57 Å². The number of fused-ring (bicyclic) bond motifs is 1. The number of hydrogen-bond donors (Lipinski definition) is 1. The molecule has 0 atom stereocenters. The molecule has 0 bridgehead atoms. The highest BCUT2D eigenvalue weighted by molar-refractivity contribution is 14.1. The van der Waals surface area contributed by atoms with Crippen molar-refractivity contribution in [2.45, 2.75) is 26.4 Å². The van der Waals surface area contributed by atoms with E-state index in [1.807, 2.05) is 22.6 Å². The molecule has 0 unspecified atom stereocenters. The summed E-state index contributed by atoms with van der Waals surface area (Å²) in [6.07, 6.45) is 0. The molecule has 0 radical (unpaired) electrons. The van der Waals surface area contributed by atoms with Crippen LogP contribution in [-0.4, -0.2) is 17.5 Å². The van der Waals surface area contributed by atoms with Crippen LogP contribution in [0.5, 0.6) is 11.5 Å². The molecule has 1 heterocycles. The van der Waals surface area contributed by atoms with E-state index in [-0.39, 0.29) is 5.91 Å². The maximum absolute atomic E-state index is 11.8. The lowest BCUT2D eigenvalue weighted by Gasteiger charge is -2.31. The average molecular weight is 361 g/mol. The molecule has 96 valence electrons. The van der Waals surface area contributed by atoms with Gasteiger partial charge in [-0.3, -0.25) is 9.59 Å². The Labute approximate surface area is 118 Å². The minimum Gasteiger partial charge on any atom is -0.476 e. The van der Waals surface area contributed by atoms with Gasteiger partial charge in [-0.2, -0.15) is 0 Å². The van der Waals surface area contributed by atoms with Crippen molar-refractivity contribution in [2.24, 2.45) is 0 Å². The van der Waals surface area contributed by atoms with Gasteiger partial charge in [0.2, 0.25) is 0 Å². The fourth-order valence-corrected chi connectivity index (χ4v) is 2.09. The SMILES string of the molecule is CC(=O)Oc1cc2c(cc1I)OC(C)(C)C(=O)N2. The van der Waals surface area contributed by atoms with Crippen molar-refractivity contribution in [3.63, 3.8) is 0 Å². The summed E-state index contributed by atoms with van der Waals surface area (Å²) in [6, 6.07) is 3.32. The van der Waals surface area contributed by atoms with Gasteiger partial charge in [0.15, 0.2) is 5.60 Å². The second-order valence-electron chi connectivity index (χ2n) is 4.44. The Bertz CT molecular complexity index is 539. The van der Waals surface area contributed by atoms with Crippen molar-refractivity contribution in [1.82, 2.24) is 0 Å². The summed E-state index contributed by atoms with van der Waals surface area (Å²) in [5.41, 5.74) is -0.394. The number of nitrogens with one attached hydrogen (secondary N) is 1. The lowest BCUT2D eigenvalue weighted by atomic mass is 10.1. The zero-order valence-electron chi connectivity index (χ0n) is 10.2. The number of ether oxygens (including phenoxy) is 2. The third-order valence-electron chi connectivity index (χ3n) is 2.45. The molecule has 18 heavy (non-hydrogen) atoms. The number of benzene rings is 1. The first-order chi connectivity index (χ1) is 8.29. The largest absolute Gasteiger partial charge is 0.476 e. The van der Waals surface area contributed by atoms with E-state index in [2.05, 4.69) is 5.32 Å². The van der Waals surface area contributed by atoms with Crippen molar-refractivity contribution < 1.29 is 19.1 Å². The monoisotopic (exact) mass is 361 g/mol. The summed E-state index contributed by atoms with van der Waals surface area (Å²) in [4.78, 5) is 22.7. The summed E-state index contributed by atoms with van der Waals surface area (Å²) in [5, 5.41) is 2.73. The van der Waals surface area contributed by atoms with Crippen LogP contribution in [0.2, 0.25) is 0 Å². The Kier molecular flexibility index (Phi) is 3.22. The summed E-state index contributed by atoms with van der Waals surface area (Å²) in [6.45, 7) is 4.71. The number of amides is 1. The third-order valence-corrected chi connectivity index (χ3v) is 3.29. The normalized spacial score (nSPS) is 16.3. The van der Waals surface area contributed by atoms with E-state index in [0.717, 1.165) is 3.57 Å². The number of esters is 1. The van der Waals surface area contributed by atoms with E-state index in [0.29, 0.717) is 17.2 Å². The van der Waals surface area contributed by atoms with E-state index >= 15 is 0 Å². The molecule has 0 aromatic heterocycles. The van der Waals surface area contributed by atoms with Gasteiger partial charge in [0.05, 0.1) is 9.26 Å². The summed E-state index contributed by atoms with van der Waals surface area (Å²) < 4.78 is 11.4. The maximum atomic E-state index is 11.8. The lowest BCUT2D eigenvalue weighted by Crippen LogP contribution is -2.45. The molecule has 1 aromatic rings. The molecular formula is C12H12INO4. The summed E-state index contributed by atoms with van der Waals surface area (Å²) in [5.74, 6) is 0.339. The fraction of sp³-hybridized carbons (Fsp3) is 0.333. The first kappa shape index (κ1) is 13.1. The van der Waals surface area contributed by atoms with E-state index < -0.39 is 11.6 Å². The summed E-state index contributed by atoms with van der Waals surface area (Å²) in [7, 11) is 0. The topological polar surface area (TPSA) is 64.6 Å². The molecule has 0 spiro atoms. The standard InChI is InChI=1S/C12H12INO4/c1-6(15)17-9-5-8-10(4-7(9)13)18-12(2,3)11(16)14-8/h4-5H,1-3H3,(H,14,16). The van der Waals surface area contributed by atoms with Crippen LogP contribution in [0.15, 0.2) is 12.1 Å². The molecule has 0 fully saturated rings. The molecule has 5 nitrogen and oxygen atoms in total. The minimum absolute atomic E-state index is 0.231. The van der Waals surface area contributed by atoms with Crippen LogP contribution in [0.3, 0.4) is 0 Å². The average Bonchev–Trinajstić information content (AvgIpc) is 2.21. The molecule has 0 saturated carbocycles. The van der Waals surface area contributed by atoms with Gasteiger partial charge in [-0.25, -0.2) is 0 Å². The van der Waals surface area contributed by atoms with Gasteiger partial charge in [-0.1, -0.05) is 0 Å². The molecule has 1 aromatic carbocycles. The van der Waals surface area contributed by atoms with E-state index in [1.165, 1.54) is 6.92 Å². The zero-order valence-corrected chi connectivity index (χ0v) is 12.3. The van der Waals surface area contributed by atoms with Gasteiger partial charge in [-0.15, -0.1) is 0 Å². The number of carbonyl (C=O) groups is 2. The molecule has 0 aliphatic carbocycles. The molecule has 1 aliphatic rings. The number of halogens is 1. The molecule has 1 N–H and O–H groups in total. The molecule has 1 amide bonds. The Morgan fingerprint density at radius 2 is 2.11 bits per heavy atom. The van der Waals surface area contributed by atoms with Crippen LogP contribution in [-0.2, 0) is 9.59 Å². The van der Waals surface area contributed by atoms with Gasteiger partial charge in [0, 0.05) is 13.0 Å². The van der Waals surface area contributed by atoms with Crippen LogP contribution >= 0.6 is 22.6 Å². The molecule has 1 aliphatic heterocycles. The first-order valence-corrected chi connectivity index (χ1v) is 6.40. The predicted octanol–water partition coefficient (Wildman–Crippen LogP) is 2.33. The minimum atomic E-state index is -0.904. The van der Waals surface area contributed by atoms with E-state index in [9.17, 15) is 9.59 Å². The van der Waals surface area contributed by atoms with Gasteiger partial charge < -0.3 is 14.8 Å². The third kappa shape index (κ3) is 2.43. The van der Waals surface area contributed by atoms with E-state index in [4.69, 9.17) is 9.47 Å². The summed E-state index contributed by atoms with van der Waals surface area (Å²) >= 11 is 2.05. The van der Waals surface area contributed by atoms with Gasteiger partial charge in [0.25, 0.3) is 5.91 Å².